The lowest BCUT2D eigenvalue weighted by molar-refractivity contribution is -0.119. The summed E-state index contributed by atoms with van der Waals surface area (Å²) in [5.74, 6) is -0.449. The van der Waals surface area contributed by atoms with Gasteiger partial charge in [-0.15, -0.1) is 11.6 Å². The highest BCUT2D eigenvalue weighted by Crippen LogP contribution is 2.43. The van der Waals surface area contributed by atoms with Gasteiger partial charge in [0.25, 0.3) is 0 Å². The van der Waals surface area contributed by atoms with Crippen molar-refractivity contribution < 1.29 is 9.59 Å². The first-order chi connectivity index (χ1) is 8.30. The zero-order valence-electron chi connectivity index (χ0n) is 10.4. The van der Waals surface area contributed by atoms with Gasteiger partial charge in [0.15, 0.2) is 5.78 Å². The number of halogens is 2. The van der Waals surface area contributed by atoms with Gasteiger partial charge in [-0.05, 0) is 38.0 Å². The van der Waals surface area contributed by atoms with Crippen molar-refractivity contribution in [1.29, 1.82) is 0 Å². The highest BCUT2D eigenvalue weighted by Gasteiger charge is 2.40. The number of fused-ring (bicyclic) bond motifs is 1. The molecule has 96 valence electrons. The maximum absolute atomic E-state index is 11.9. The molecule has 0 fully saturated rings. The average molecular weight is 286 g/mol. The Bertz CT molecular complexity index is 565. The number of hydrogen-bond donors (Lipinski definition) is 1. The predicted octanol–water partition coefficient (Wildman–Crippen LogP) is 3.30. The average Bonchev–Trinajstić information content (AvgIpc) is 2.55. The molecular weight excluding hydrogens is 273 g/mol. The van der Waals surface area contributed by atoms with E-state index >= 15 is 0 Å². The number of hydrogen-bond acceptors (Lipinski definition) is 2. The van der Waals surface area contributed by atoms with E-state index in [2.05, 4.69) is 5.32 Å². The van der Waals surface area contributed by atoms with Crippen LogP contribution in [-0.4, -0.2) is 17.6 Å². The number of nitrogens with one attached hydrogen (secondary N) is 1. The van der Waals surface area contributed by atoms with Gasteiger partial charge in [-0.1, -0.05) is 11.6 Å². The van der Waals surface area contributed by atoms with E-state index < -0.39 is 5.41 Å². The fraction of sp³-hybridized carbons (Fsp3) is 0.385. The number of rotatable bonds is 2. The third kappa shape index (κ3) is 1.73. The fourth-order valence-corrected chi connectivity index (χ4v) is 2.51. The lowest BCUT2D eigenvalue weighted by atomic mass is 9.84. The highest BCUT2D eigenvalue weighted by atomic mass is 35.5. The van der Waals surface area contributed by atoms with E-state index in [4.69, 9.17) is 23.2 Å². The molecule has 0 spiro atoms. The molecule has 1 amide bonds. The van der Waals surface area contributed by atoms with Crippen molar-refractivity contribution >= 4 is 40.6 Å². The standard InChI is InChI=1S/C13H13Cl2NO2/c1-6-10(15)7(9(17)5-14)4-8-11(6)16-12(18)13(8,2)3/h4H,5H2,1-3H3,(H,16,18). The first-order valence-electron chi connectivity index (χ1n) is 5.55. The van der Waals surface area contributed by atoms with Crippen molar-refractivity contribution in [2.45, 2.75) is 26.2 Å². The van der Waals surface area contributed by atoms with Gasteiger partial charge in [-0.25, -0.2) is 0 Å². The Morgan fingerprint density at radius 2 is 2.06 bits per heavy atom. The zero-order chi connectivity index (χ0) is 13.7. The van der Waals surface area contributed by atoms with Crippen LogP contribution in [0.2, 0.25) is 5.02 Å². The Morgan fingerprint density at radius 1 is 1.44 bits per heavy atom. The Labute approximate surface area is 115 Å². The summed E-state index contributed by atoms with van der Waals surface area (Å²) in [6.45, 7) is 5.42. The van der Waals surface area contributed by atoms with E-state index in [-0.39, 0.29) is 17.6 Å². The first-order valence-corrected chi connectivity index (χ1v) is 6.46. The minimum Gasteiger partial charge on any atom is -0.325 e. The van der Waals surface area contributed by atoms with Crippen molar-refractivity contribution in [3.8, 4) is 0 Å². The van der Waals surface area contributed by atoms with E-state index in [1.807, 2.05) is 13.8 Å². The van der Waals surface area contributed by atoms with E-state index in [0.29, 0.717) is 21.8 Å². The summed E-state index contributed by atoms with van der Waals surface area (Å²) in [6.07, 6.45) is 0. The summed E-state index contributed by atoms with van der Waals surface area (Å²) in [5.41, 5.74) is 1.93. The molecule has 0 bridgehead atoms. The zero-order valence-corrected chi connectivity index (χ0v) is 11.9. The SMILES string of the molecule is Cc1c(Cl)c(C(=O)CCl)cc2c1NC(=O)C2(C)C. The number of Topliss-reactive ketones (excluding diaryl/α,β-unsaturated/α-hetero) is 1. The van der Waals surface area contributed by atoms with Crippen LogP contribution < -0.4 is 5.32 Å². The summed E-state index contributed by atoms with van der Waals surface area (Å²) in [5, 5.41) is 3.17. The molecule has 1 aromatic carbocycles. The van der Waals surface area contributed by atoms with Crippen molar-refractivity contribution in [3.63, 3.8) is 0 Å². The predicted molar refractivity (Wildman–Crippen MR) is 72.9 cm³/mol. The number of ketones is 1. The molecule has 0 aliphatic carbocycles. The van der Waals surface area contributed by atoms with Crippen LogP contribution >= 0.6 is 23.2 Å². The molecule has 1 N–H and O–H groups in total. The topological polar surface area (TPSA) is 46.2 Å². The van der Waals surface area contributed by atoms with Crippen LogP contribution in [0.15, 0.2) is 6.07 Å². The van der Waals surface area contributed by atoms with Crippen molar-refractivity contribution in [3.05, 3.63) is 27.8 Å². The largest absolute Gasteiger partial charge is 0.325 e. The lowest BCUT2D eigenvalue weighted by Crippen LogP contribution is -2.27. The van der Waals surface area contributed by atoms with Gasteiger partial charge in [0.1, 0.15) is 0 Å². The molecule has 1 aromatic rings. The number of benzene rings is 1. The van der Waals surface area contributed by atoms with Crippen LogP contribution in [0.5, 0.6) is 0 Å². The second kappa shape index (κ2) is 4.25. The van der Waals surface area contributed by atoms with Gasteiger partial charge in [0.2, 0.25) is 5.91 Å². The van der Waals surface area contributed by atoms with Gasteiger partial charge in [0, 0.05) is 11.3 Å². The third-order valence-electron chi connectivity index (χ3n) is 3.40. The molecule has 0 saturated heterocycles. The van der Waals surface area contributed by atoms with Gasteiger partial charge in [-0.2, -0.15) is 0 Å². The maximum Gasteiger partial charge on any atom is 0.234 e. The van der Waals surface area contributed by atoms with E-state index in [9.17, 15) is 9.59 Å². The molecule has 0 aromatic heterocycles. The Balaban J connectivity index is 2.73. The molecule has 3 nitrogen and oxygen atoms in total. The Hall–Kier alpha value is -1.06. The van der Waals surface area contributed by atoms with Gasteiger partial charge < -0.3 is 5.32 Å². The quantitative estimate of drug-likeness (QED) is 0.669. The van der Waals surface area contributed by atoms with Crippen LogP contribution in [0.25, 0.3) is 0 Å². The normalized spacial score (nSPS) is 16.4. The Kier molecular flexibility index (Phi) is 3.16. The van der Waals surface area contributed by atoms with E-state index in [1.165, 1.54) is 0 Å². The van der Waals surface area contributed by atoms with E-state index in [0.717, 1.165) is 5.56 Å². The third-order valence-corrected chi connectivity index (χ3v) is 4.13. The molecule has 0 saturated carbocycles. The second-order valence-corrected chi connectivity index (χ2v) is 5.57. The van der Waals surface area contributed by atoms with Crippen LogP contribution in [0.3, 0.4) is 0 Å². The number of amides is 1. The summed E-state index contributed by atoms with van der Waals surface area (Å²) < 4.78 is 0. The van der Waals surface area contributed by atoms with E-state index in [1.54, 1.807) is 13.0 Å². The first kappa shape index (κ1) is 13.4. The van der Waals surface area contributed by atoms with Crippen LogP contribution in [-0.2, 0) is 10.2 Å². The molecule has 18 heavy (non-hydrogen) atoms. The fourth-order valence-electron chi connectivity index (χ4n) is 2.11. The summed E-state index contributed by atoms with van der Waals surface area (Å²) in [4.78, 5) is 23.7. The lowest BCUT2D eigenvalue weighted by Gasteiger charge is -2.17. The molecule has 1 heterocycles. The smallest absolute Gasteiger partial charge is 0.234 e. The molecule has 5 heteroatoms. The summed E-state index contributed by atoms with van der Waals surface area (Å²) in [7, 11) is 0. The van der Waals surface area contributed by atoms with Gasteiger partial charge in [0.05, 0.1) is 16.3 Å². The van der Waals surface area contributed by atoms with Crippen LogP contribution in [0.4, 0.5) is 5.69 Å². The van der Waals surface area contributed by atoms with Gasteiger partial charge >= 0.3 is 0 Å². The highest BCUT2D eigenvalue weighted by molar-refractivity contribution is 6.38. The molecular formula is C13H13Cl2NO2. The van der Waals surface area contributed by atoms with Crippen molar-refractivity contribution in [2.75, 3.05) is 11.2 Å². The summed E-state index contributed by atoms with van der Waals surface area (Å²) in [6, 6.07) is 1.67. The summed E-state index contributed by atoms with van der Waals surface area (Å²) >= 11 is 11.7. The number of carbonyl (C=O) groups excluding carboxylic acids is 2. The molecule has 2 rings (SSSR count). The van der Waals surface area contributed by atoms with Crippen LogP contribution in [0.1, 0.15) is 35.3 Å². The number of carbonyl (C=O) groups is 2. The van der Waals surface area contributed by atoms with Crippen molar-refractivity contribution in [1.82, 2.24) is 0 Å². The number of alkyl halides is 1. The van der Waals surface area contributed by atoms with Crippen molar-refractivity contribution in [2.24, 2.45) is 0 Å². The molecule has 0 radical (unpaired) electrons. The monoisotopic (exact) mass is 285 g/mol. The second-order valence-electron chi connectivity index (χ2n) is 4.92. The Morgan fingerprint density at radius 3 is 2.61 bits per heavy atom. The number of anilines is 1. The molecule has 0 unspecified atom stereocenters. The molecule has 1 aliphatic heterocycles. The minimum atomic E-state index is -0.661. The maximum atomic E-state index is 11.9. The minimum absolute atomic E-state index is 0.0906. The molecule has 0 atom stereocenters. The van der Waals surface area contributed by atoms with Gasteiger partial charge in [-0.3, -0.25) is 9.59 Å². The van der Waals surface area contributed by atoms with Crippen LogP contribution in [0, 0.1) is 6.92 Å². The molecule has 1 aliphatic rings.